The number of carbonyl (C=O) groups excluding carboxylic acids is 1. The van der Waals surface area contributed by atoms with Crippen molar-refractivity contribution < 1.29 is 9.53 Å². The van der Waals surface area contributed by atoms with Gasteiger partial charge in [-0.05, 0) is 18.8 Å². The second-order valence-corrected chi connectivity index (χ2v) is 7.32. The van der Waals surface area contributed by atoms with E-state index in [2.05, 4.69) is 27.3 Å². The Bertz CT molecular complexity index is 601. The number of aryl methyl sites for hydroxylation is 1. The summed E-state index contributed by atoms with van der Waals surface area (Å²) in [6, 6.07) is 1.02. The Hall–Kier alpha value is -1.67. The SMILES string of the molecule is CC1CN(C2CC2)CC1NC(=O)N1CCOC(c2nncn2C)C1. The Labute approximate surface area is 142 Å². The molecule has 8 nitrogen and oxygen atoms in total. The lowest BCUT2D eigenvalue weighted by molar-refractivity contribution is -0.0218. The highest BCUT2D eigenvalue weighted by Gasteiger charge is 2.39. The molecular formula is C16H26N6O2. The van der Waals surface area contributed by atoms with Gasteiger partial charge in [-0.1, -0.05) is 6.92 Å². The van der Waals surface area contributed by atoms with Gasteiger partial charge < -0.3 is 19.5 Å². The van der Waals surface area contributed by atoms with E-state index in [1.165, 1.54) is 12.8 Å². The first-order valence-corrected chi connectivity index (χ1v) is 8.87. The zero-order valence-corrected chi connectivity index (χ0v) is 14.4. The molecule has 4 rings (SSSR count). The maximum atomic E-state index is 12.7. The predicted octanol–water partition coefficient (Wildman–Crippen LogP) is 0.381. The number of morpholine rings is 1. The summed E-state index contributed by atoms with van der Waals surface area (Å²) >= 11 is 0. The van der Waals surface area contributed by atoms with E-state index < -0.39 is 0 Å². The molecule has 132 valence electrons. The van der Waals surface area contributed by atoms with E-state index >= 15 is 0 Å². The number of amides is 2. The lowest BCUT2D eigenvalue weighted by Crippen LogP contribution is -2.51. The van der Waals surface area contributed by atoms with Gasteiger partial charge in [-0.15, -0.1) is 10.2 Å². The maximum absolute atomic E-state index is 12.7. The number of carbonyl (C=O) groups is 1. The van der Waals surface area contributed by atoms with Crippen molar-refractivity contribution in [2.75, 3.05) is 32.8 Å². The fourth-order valence-corrected chi connectivity index (χ4v) is 3.75. The van der Waals surface area contributed by atoms with Gasteiger partial charge in [0, 0.05) is 38.8 Å². The van der Waals surface area contributed by atoms with Crippen LogP contribution in [0.4, 0.5) is 4.79 Å². The minimum absolute atomic E-state index is 0.0139. The molecule has 0 bridgehead atoms. The van der Waals surface area contributed by atoms with Crippen molar-refractivity contribution in [1.29, 1.82) is 0 Å². The van der Waals surface area contributed by atoms with Crippen LogP contribution in [-0.4, -0.2) is 75.5 Å². The number of hydrogen-bond donors (Lipinski definition) is 1. The summed E-state index contributed by atoms with van der Waals surface area (Å²) in [7, 11) is 1.89. The minimum atomic E-state index is -0.207. The Morgan fingerprint density at radius 1 is 1.33 bits per heavy atom. The van der Waals surface area contributed by atoms with Crippen molar-refractivity contribution in [2.45, 2.75) is 38.0 Å². The second kappa shape index (κ2) is 6.33. The number of likely N-dealkylation sites (tertiary alicyclic amines) is 1. The van der Waals surface area contributed by atoms with Crippen LogP contribution in [0.1, 0.15) is 31.7 Å². The fourth-order valence-electron chi connectivity index (χ4n) is 3.75. The molecule has 3 atom stereocenters. The summed E-state index contributed by atoms with van der Waals surface area (Å²) in [5.74, 6) is 1.27. The molecule has 24 heavy (non-hydrogen) atoms. The molecule has 3 unspecified atom stereocenters. The molecule has 2 amide bonds. The molecule has 8 heteroatoms. The van der Waals surface area contributed by atoms with E-state index in [1.54, 1.807) is 6.33 Å². The first-order valence-electron chi connectivity index (χ1n) is 8.87. The summed E-state index contributed by atoms with van der Waals surface area (Å²) < 4.78 is 7.62. The average Bonchev–Trinajstić information content (AvgIpc) is 3.25. The van der Waals surface area contributed by atoms with Crippen LogP contribution in [0.15, 0.2) is 6.33 Å². The van der Waals surface area contributed by atoms with Gasteiger partial charge in [-0.2, -0.15) is 0 Å². The van der Waals surface area contributed by atoms with Crippen molar-refractivity contribution in [3.63, 3.8) is 0 Å². The third-order valence-electron chi connectivity index (χ3n) is 5.40. The van der Waals surface area contributed by atoms with Crippen LogP contribution in [0.2, 0.25) is 0 Å². The molecule has 2 saturated heterocycles. The van der Waals surface area contributed by atoms with Crippen molar-refractivity contribution in [3.05, 3.63) is 12.2 Å². The fraction of sp³-hybridized carbons (Fsp3) is 0.812. The van der Waals surface area contributed by atoms with Crippen molar-refractivity contribution in [1.82, 2.24) is 29.9 Å². The molecule has 2 aliphatic heterocycles. The monoisotopic (exact) mass is 334 g/mol. The molecule has 3 aliphatic rings. The summed E-state index contributed by atoms with van der Waals surface area (Å²) in [6.07, 6.45) is 4.08. The number of urea groups is 1. The highest BCUT2D eigenvalue weighted by molar-refractivity contribution is 5.74. The largest absolute Gasteiger partial charge is 0.366 e. The molecule has 3 fully saturated rings. The Balaban J connectivity index is 1.35. The molecule has 1 aromatic rings. The topological polar surface area (TPSA) is 75.5 Å². The van der Waals surface area contributed by atoms with Gasteiger partial charge in [0.25, 0.3) is 0 Å². The molecule has 0 aromatic carbocycles. The molecule has 1 saturated carbocycles. The van der Waals surface area contributed by atoms with Crippen LogP contribution in [0.5, 0.6) is 0 Å². The number of aromatic nitrogens is 3. The van der Waals surface area contributed by atoms with E-state index in [9.17, 15) is 4.79 Å². The zero-order valence-electron chi connectivity index (χ0n) is 14.4. The van der Waals surface area contributed by atoms with Gasteiger partial charge in [0.15, 0.2) is 5.82 Å². The van der Waals surface area contributed by atoms with E-state index in [0.29, 0.717) is 25.6 Å². The van der Waals surface area contributed by atoms with Gasteiger partial charge in [-0.3, -0.25) is 4.90 Å². The predicted molar refractivity (Wildman–Crippen MR) is 87.3 cm³/mol. The van der Waals surface area contributed by atoms with Gasteiger partial charge in [0.2, 0.25) is 0 Å². The standard InChI is InChI=1S/C16H26N6O2/c1-11-7-22(12-3-4-12)8-13(11)18-16(23)21-5-6-24-14(9-21)15-19-17-10-20(15)2/h10-14H,3-9H2,1-2H3,(H,18,23). The van der Waals surface area contributed by atoms with Crippen LogP contribution >= 0.6 is 0 Å². The van der Waals surface area contributed by atoms with Crippen molar-refractivity contribution >= 4 is 6.03 Å². The van der Waals surface area contributed by atoms with Crippen LogP contribution in [0, 0.1) is 5.92 Å². The quantitative estimate of drug-likeness (QED) is 0.865. The molecule has 3 heterocycles. The second-order valence-electron chi connectivity index (χ2n) is 7.32. The molecule has 1 aromatic heterocycles. The van der Waals surface area contributed by atoms with Crippen molar-refractivity contribution in [2.24, 2.45) is 13.0 Å². The maximum Gasteiger partial charge on any atom is 0.317 e. The van der Waals surface area contributed by atoms with E-state index in [4.69, 9.17) is 4.74 Å². The number of nitrogens with one attached hydrogen (secondary N) is 1. The zero-order chi connectivity index (χ0) is 16.7. The summed E-state index contributed by atoms with van der Waals surface area (Å²) in [4.78, 5) is 17.1. The molecule has 0 spiro atoms. The number of hydrogen-bond acceptors (Lipinski definition) is 5. The Morgan fingerprint density at radius 2 is 2.17 bits per heavy atom. The Kier molecular flexibility index (Phi) is 4.17. The van der Waals surface area contributed by atoms with Crippen LogP contribution in [-0.2, 0) is 11.8 Å². The lowest BCUT2D eigenvalue weighted by Gasteiger charge is -2.33. The highest BCUT2D eigenvalue weighted by Crippen LogP contribution is 2.31. The third kappa shape index (κ3) is 3.12. The molecule has 1 N–H and O–H groups in total. The molecule has 0 radical (unpaired) electrons. The summed E-state index contributed by atoms with van der Waals surface area (Å²) in [5, 5.41) is 11.2. The van der Waals surface area contributed by atoms with E-state index in [-0.39, 0.29) is 18.2 Å². The average molecular weight is 334 g/mol. The van der Waals surface area contributed by atoms with Gasteiger partial charge in [-0.25, -0.2) is 4.79 Å². The normalized spacial score (nSPS) is 31.4. The van der Waals surface area contributed by atoms with E-state index in [0.717, 1.165) is 25.0 Å². The smallest absolute Gasteiger partial charge is 0.317 e. The van der Waals surface area contributed by atoms with E-state index in [1.807, 2.05) is 16.5 Å². The first kappa shape index (κ1) is 15.8. The van der Waals surface area contributed by atoms with Crippen LogP contribution < -0.4 is 5.32 Å². The van der Waals surface area contributed by atoms with Gasteiger partial charge in [0.1, 0.15) is 12.4 Å². The molecular weight excluding hydrogens is 308 g/mol. The van der Waals surface area contributed by atoms with Crippen molar-refractivity contribution in [3.8, 4) is 0 Å². The van der Waals surface area contributed by atoms with Crippen LogP contribution in [0.25, 0.3) is 0 Å². The number of ether oxygens (including phenoxy) is 1. The molecule has 1 aliphatic carbocycles. The highest BCUT2D eigenvalue weighted by atomic mass is 16.5. The number of rotatable bonds is 3. The van der Waals surface area contributed by atoms with Crippen LogP contribution in [0.3, 0.4) is 0 Å². The number of nitrogens with zero attached hydrogens (tertiary/aromatic N) is 5. The lowest BCUT2D eigenvalue weighted by atomic mass is 10.1. The van der Waals surface area contributed by atoms with Gasteiger partial charge >= 0.3 is 6.03 Å². The summed E-state index contributed by atoms with van der Waals surface area (Å²) in [5.41, 5.74) is 0. The third-order valence-corrected chi connectivity index (χ3v) is 5.40. The van der Waals surface area contributed by atoms with Gasteiger partial charge in [0.05, 0.1) is 13.2 Å². The first-order chi connectivity index (χ1) is 11.6. The minimum Gasteiger partial charge on any atom is -0.366 e. The Morgan fingerprint density at radius 3 is 2.88 bits per heavy atom. The summed E-state index contributed by atoms with van der Waals surface area (Å²) in [6.45, 7) is 5.97.